The maximum absolute atomic E-state index is 11.9. The number of nitrogens with one attached hydrogen (secondary N) is 2. The van der Waals surface area contributed by atoms with E-state index in [1.54, 1.807) is 24.6 Å². The molecular weight excluding hydrogens is 254 g/mol. The molecule has 0 fully saturated rings. The minimum atomic E-state index is -0.219. The number of pyridine rings is 1. The van der Waals surface area contributed by atoms with Crippen molar-refractivity contribution in [2.45, 2.75) is 32.9 Å². The largest absolute Gasteiger partial charge is 0.467 e. The summed E-state index contributed by atoms with van der Waals surface area (Å²) in [5.41, 5.74) is 1.24. The molecule has 2 N–H and O–H groups in total. The number of furan rings is 1. The SMILES string of the molecule is CC(C)(C)Nc1ccc(C(=O)NCc2ccco2)nc1. The number of hydrogen-bond acceptors (Lipinski definition) is 4. The quantitative estimate of drug-likeness (QED) is 0.899. The molecule has 0 saturated carbocycles. The molecule has 0 unspecified atom stereocenters. The molecule has 0 aliphatic rings. The summed E-state index contributed by atoms with van der Waals surface area (Å²) < 4.78 is 5.15. The minimum absolute atomic E-state index is 0.0370. The lowest BCUT2D eigenvalue weighted by atomic mass is 10.1. The monoisotopic (exact) mass is 273 g/mol. The minimum Gasteiger partial charge on any atom is -0.467 e. The summed E-state index contributed by atoms with van der Waals surface area (Å²) in [6.07, 6.45) is 3.24. The molecule has 2 heterocycles. The van der Waals surface area contributed by atoms with E-state index >= 15 is 0 Å². The molecule has 2 rings (SSSR count). The van der Waals surface area contributed by atoms with Crippen molar-refractivity contribution in [1.82, 2.24) is 10.3 Å². The normalized spacial score (nSPS) is 11.2. The van der Waals surface area contributed by atoms with Gasteiger partial charge in [-0.25, -0.2) is 4.98 Å². The van der Waals surface area contributed by atoms with Crippen LogP contribution in [0.15, 0.2) is 41.1 Å². The van der Waals surface area contributed by atoms with Gasteiger partial charge < -0.3 is 15.1 Å². The van der Waals surface area contributed by atoms with Gasteiger partial charge in [-0.3, -0.25) is 4.79 Å². The van der Waals surface area contributed by atoms with Crippen LogP contribution in [0.1, 0.15) is 37.0 Å². The number of nitrogens with zero attached hydrogens (tertiary/aromatic N) is 1. The van der Waals surface area contributed by atoms with Crippen LogP contribution in [0, 0.1) is 0 Å². The first-order valence-electron chi connectivity index (χ1n) is 6.49. The van der Waals surface area contributed by atoms with Crippen LogP contribution in [0.4, 0.5) is 5.69 Å². The van der Waals surface area contributed by atoms with Crippen molar-refractivity contribution >= 4 is 11.6 Å². The van der Waals surface area contributed by atoms with Crippen molar-refractivity contribution < 1.29 is 9.21 Å². The number of hydrogen-bond donors (Lipinski definition) is 2. The first-order chi connectivity index (χ1) is 9.44. The highest BCUT2D eigenvalue weighted by molar-refractivity contribution is 5.92. The van der Waals surface area contributed by atoms with Gasteiger partial charge in [0.2, 0.25) is 0 Å². The topological polar surface area (TPSA) is 67.2 Å². The van der Waals surface area contributed by atoms with Gasteiger partial charge in [-0.05, 0) is 45.0 Å². The van der Waals surface area contributed by atoms with Crippen LogP contribution in [0.5, 0.6) is 0 Å². The number of anilines is 1. The fraction of sp³-hybridized carbons (Fsp3) is 0.333. The van der Waals surface area contributed by atoms with Crippen LogP contribution in [-0.4, -0.2) is 16.4 Å². The molecule has 0 aromatic carbocycles. The van der Waals surface area contributed by atoms with Gasteiger partial charge in [-0.1, -0.05) is 0 Å². The van der Waals surface area contributed by atoms with E-state index in [0.29, 0.717) is 18.0 Å². The molecule has 106 valence electrons. The van der Waals surface area contributed by atoms with Crippen LogP contribution in [0.25, 0.3) is 0 Å². The highest BCUT2D eigenvalue weighted by Crippen LogP contribution is 2.13. The van der Waals surface area contributed by atoms with Gasteiger partial charge in [-0.2, -0.15) is 0 Å². The Hall–Kier alpha value is -2.30. The lowest BCUT2D eigenvalue weighted by Gasteiger charge is -2.21. The summed E-state index contributed by atoms with van der Waals surface area (Å²) in [4.78, 5) is 16.1. The molecule has 0 atom stereocenters. The van der Waals surface area contributed by atoms with E-state index in [0.717, 1.165) is 5.69 Å². The van der Waals surface area contributed by atoms with E-state index in [2.05, 4.69) is 36.4 Å². The van der Waals surface area contributed by atoms with Gasteiger partial charge >= 0.3 is 0 Å². The van der Waals surface area contributed by atoms with E-state index < -0.39 is 0 Å². The van der Waals surface area contributed by atoms with Crippen LogP contribution in [0.3, 0.4) is 0 Å². The van der Waals surface area contributed by atoms with Crippen molar-refractivity contribution in [3.8, 4) is 0 Å². The van der Waals surface area contributed by atoms with Gasteiger partial charge in [0.15, 0.2) is 0 Å². The fourth-order valence-corrected chi connectivity index (χ4v) is 1.71. The molecule has 0 aliphatic heterocycles. The average Bonchev–Trinajstić information content (AvgIpc) is 2.88. The second-order valence-electron chi connectivity index (χ2n) is 5.57. The first kappa shape index (κ1) is 14.1. The van der Waals surface area contributed by atoms with Crippen molar-refractivity contribution in [3.63, 3.8) is 0 Å². The predicted octanol–water partition coefficient (Wildman–Crippen LogP) is 2.82. The molecule has 2 aromatic heterocycles. The molecule has 1 amide bonds. The Morgan fingerprint density at radius 2 is 2.10 bits per heavy atom. The zero-order chi connectivity index (χ0) is 14.6. The highest BCUT2D eigenvalue weighted by atomic mass is 16.3. The van der Waals surface area contributed by atoms with Crippen molar-refractivity contribution in [3.05, 3.63) is 48.2 Å². The third-order valence-corrected chi connectivity index (χ3v) is 2.52. The molecule has 2 aromatic rings. The summed E-state index contributed by atoms with van der Waals surface area (Å²) >= 11 is 0. The van der Waals surface area contributed by atoms with E-state index in [1.165, 1.54) is 0 Å². The predicted molar refractivity (Wildman–Crippen MR) is 77.5 cm³/mol. The summed E-state index contributed by atoms with van der Waals surface area (Å²) in [5, 5.41) is 6.05. The highest BCUT2D eigenvalue weighted by Gasteiger charge is 2.11. The summed E-state index contributed by atoms with van der Waals surface area (Å²) in [6, 6.07) is 7.14. The van der Waals surface area contributed by atoms with Crippen molar-refractivity contribution in [1.29, 1.82) is 0 Å². The molecule has 0 spiro atoms. The van der Waals surface area contributed by atoms with Gasteiger partial charge in [0.1, 0.15) is 11.5 Å². The van der Waals surface area contributed by atoms with Crippen LogP contribution in [0.2, 0.25) is 0 Å². The summed E-state index contributed by atoms with van der Waals surface area (Å²) in [6.45, 7) is 6.56. The van der Waals surface area contributed by atoms with E-state index in [4.69, 9.17) is 4.42 Å². The molecule has 0 radical (unpaired) electrons. The van der Waals surface area contributed by atoms with Gasteiger partial charge in [0.05, 0.1) is 24.7 Å². The van der Waals surface area contributed by atoms with E-state index in [1.807, 2.05) is 12.1 Å². The van der Waals surface area contributed by atoms with Crippen molar-refractivity contribution in [2.75, 3.05) is 5.32 Å². The van der Waals surface area contributed by atoms with Gasteiger partial charge in [-0.15, -0.1) is 0 Å². The molecule has 0 bridgehead atoms. The number of amides is 1. The molecule has 0 saturated heterocycles. The molecule has 20 heavy (non-hydrogen) atoms. The van der Waals surface area contributed by atoms with Gasteiger partial charge in [0, 0.05) is 5.54 Å². The zero-order valence-electron chi connectivity index (χ0n) is 11.9. The average molecular weight is 273 g/mol. The zero-order valence-corrected chi connectivity index (χ0v) is 11.9. The van der Waals surface area contributed by atoms with E-state index in [9.17, 15) is 4.79 Å². The lowest BCUT2D eigenvalue weighted by molar-refractivity contribution is 0.0943. The third kappa shape index (κ3) is 4.12. The van der Waals surface area contributed by atoms with Crippen LogP contribution in [-0.2, 0) is 6.54 Å². The number of rotatable bonds is 4. The Morgan fingerprint density at radius 3 is 2.65 bits per heavy atom. The van der Waals surface area contributed by atoms with Crippen molar-refractivity contribution in [2.24, 2.45) is 0 Å². The third-order valence-electron chi connectivity index (χ3n) is 2.52. The maximum atomic E-state index is 11.9. The molecule has 5 nitrogen and oxygen atoms in total. The standard InChI is InChI=1S/C15H19N3O2/c1-15(2,3)18-11-6-7-13(16-9-11)14(19)17-10-12-5-4-8-20-12/h4-9,18H,10H2,1-3H3,(H,17,19). The second kappa shape index (κ2) is 5.77. The number of carbonyl (C=O) groups is 1. The Kier molecular flexibility index (Phi) is 4.08. The smallest absolute Gasteiger partial charge is 0.270 e. The Morgan fingerprint density at radius 1 is 1.30 bits per heavy atom. The van der Waals surface area contributed by atoms with E-state index in [-0.39, 0.29) is 11.4 Å². The Balaban J connectivity index is 1.93. The Bertz CT molecular complexity index is 554. The summed E-state index contributed by atoms with van der Waals surface area (Å²) in [7, 11) is 0. The summed E-state index contributed by atoms with van der Waals surface area (Å²) in [5.74, 6) is 0.494. The number of carbonyl (C=O) groups excluding carboxylic acids is 1. The first-order valence-corrected chi connectivity index (χ1v) is 6.49. The molecule has 0 aliphatic carbocycles. The lowest BCUT2D eigenvalue weighted by Crippen LogP contribution is -2.26. The van der Waals surface area contributed by atoms with Crippen LogP contribution >= 0.6 is 0 Å². The maximum Gasteiger partial charge on any atom is 0.270 e. The molecular formula is C15H19N3O2. The second-order valence-corrected chi connectivity index (χ2v) is 5.57. The Labute approximate surface area is 118 Å². The van der Waals surface area contributed by atoms with Gasteiger partial charge in [0.25, 0.3) is 5.91 Å². The number of aromatic nitrogens is 1. The van der Waals surface area contributed by atoms with Crippen LogP contribution < -0.4 is 10.6 Å². The molecule has 5 heteroatoms. The fourth-order valence-electron chi connectivity index (χ4n) is 1.71.